The average Bonchev–Trinajstić information content (AvgIpc) is 3.26. The van der Waals surface area contributed by atoms with Gasteiger partial charge in [0.25, 0.3) is 5.91 Å². The van der Waals surface area contributed by atoms with Crippen molar-refractivity contribution in [3.63, 3.8) is 0 Å². The Hall–Kier alpha value is -4.11. The van der Waals surface area contributed by atoms with Crippen LogP contribution in [0.25, 0.3) is 20.8 Å². The van der Waals surface area contributed by atoms with E-state index < -0.39 is 5.91 Å². The number of fused-ring (bicyclic) bond motifs is 1. The van der Waals surface area contributed by atoms with Gasteiger partial charge in [0.15, 0.2) is 11.5 Å². The molecule has 0 aliphatic heterocycles. The molecule has 8 nitrogen and oxygen atoms in total. The largest absolute Gasteiger partial charge is 0.493 e. The molecule has 33 heavy (non-hydrogen) atoms. The lowest BCUT2D eigenvalue weighted by molar-refractivity contribution is 0.0997. The van der Waals surface area contributed by atoms with E-state index >= 15 is 0 Å². The summed E-state index contributed by atoms with van der Waals surface area (Å²) in [6, 6.07) is 15.6. The van der Waals surface area contributed by atoms with Crippen molar-refractivity contribution in [2.75, 3.05) is 26.6 Å². The van der Waals surface area contributed by atoms with Gasteiger partial charge in [-0.05, 0) is 30.3 Å². The molecule has 1 heterocycles. The molecule has 0 aliphatic carbocycles. The highest BCUT2D eigenvalue weighted by Gasteiger charge is 2.16. The van der Waals surface area contributed by atoms with Gasteiger partial charge in [-0.2, -0.15) is 0 Å². The van der Waals surface area contributed by atoms with Gasteiger partial charge in [0.2, 0.25) is 11.7 Å². The fraction of sp³-hybridized carbons (Fsp3) is 0.125. The number of amides is 2. The number of rotatable bonds is 7. The summed E-state index contributed by atoms with van der Waals surface area (Å²) in [5.41, 5.74) is 8.37. The van der Waals surface area contributed by atoms with Gasteiger partial charge in [-0.3, -0.25) is 9.59 Å². The number of ether oxygens (including phenoxy) is 3. The molecular weight excluding hydrogens is 442 g/mol. The lowest BCUT2D eigenvalue weighted by atomic mass is 10.1. The molecule has 0 atom stereocenters. The predicted octanol–water partition coefficient (Wildman–Crippen LogP) is 4.34. The highest BCUT2D eigenvalue weighted by Crippen LogP contribution is 2.40. The molecule has 4 rings (SSSR count). The first-order valence-electron chi connectivity index (χ1n) is 9.85. The van der Waals surface area contributed by atoms with Crippen LogP contribution in [-0.4, -0.2) is 38.1 Å². The monoisotopic (exact) mass is 463 g/mol. The van der Waals surface area contributed by atoms with Gasteiger partial charge in [-0.25, -0.2) is 4.98 Å². The van der Waals surface area contributed by atoms with E-state index in [4.69, 9.17) is 19.9 Å². The van der Waals surface area contributed by atoms with Gasteiger partial charge in [0.05, 0.1) is 31.5 Å². The van der Waals surface area contributed by atoms with E-state index in [2.05, 4.69) is 10.3 Å². The fourth-order valence-electron chi connectivity index (χ4n) is 3.32. The van der Waals surface area contributed by atoms with Crippen molar-refractivity contribution in [1.29, 1.82) is 0 Å². The van der Waals surface area contributed by atoms with E-state index in [1.807, 2.05) is 0 Å². The van der Waals surface area contributed by atoms with Crippen LogP contribution in [-0.2, 0) is 0 Å². The third kappa shape index (κ3) is 4.44. The maximum absolute atomic E-state index is 12.9. The zero-order valence-electron chi connectivity index (χ0n) is 18.2. The summed E-state index contributed by atoms with van der Waals surface area (Å²) < 4.78 is 16.9. The maximum Gasteiger partial charge on any atom is 0.255 e. The summed E-state index contributed by atoms with van der Waals surface area (Å²) in [5.74, 6) is 0.565. The number of hydrogen-bond acceptors (Lipinski definition) is 7. The summed E-state index contributed by atoms with van der Waals surface area (Å²) in [6.45, 7) is 0. The topological polar surface area (TPSA) is 113 Å². The number of hydrogen-bond donors (Lipinski definition) is 2. The molecule has 0 saturated heterocycles. The number of nitrogens with zero attached hydrogens (tertiary/aromatic N) is 1. The van der Waals surface area contributed by atoms with Crippen LogP contribution in [0.2, 0.25) is 0 Å². The van der Waals surface area contributed by atoms with Crippen molar-refractivity contribution in [1.82, 2.24) is 4.98 Å². The summed E-state index contributed by atoms with van der Waals surface area (Å²) in [5, 5.41) is 3.65. The number of nitrogens with two attached hydrogens (primary N) is 1. The number of thiazole rings is 1. The molecule has 168 valence electrons. The van der Waals surface area contributed by atoms with Crippen molar-refractivity contribution in [2.24, 2.45) is 5.73 Å². The molecule has 0 aliphatic rings. The Bertz CT molecular complexity index is 1320. The SMILES string of the molecule is COc1cc(NC(=O)c2ccc3nc(-c4ccc(C(N)=O)cc4)sc3c2)cc(OC)c1OC. The van der Waals surface area contributed by atoms with Crippen molar-refractivity contribution < 1.29 is 23.8 Å². The number of primary amides is 1. The summed E-state index contributed by atoms with van der Waals surface area (Å²) in [4.78, 5) is 28.8. The highest BCUT2D eigenvalue weighted by atomic mass is 32.1. The molecule has 1 aromatic heterocycles. The number of carbonyl (C=O) groups is 2. The number of carbonyl (C=O) groups excluding carboxylic acids is 2. The summed E-state index contributed by atoms with van der Waals surface area (Å²) in [6.07, 6.45) is 0. The number of methoxy groups -OCH3 is 3. The molecule has 2 amide bonds. The molecule has 9 heteroatoms. The predicted molar refractivity (Wildman–Crippen MR) is 128 cm³/mol. The maximum atomic E-state index is 12.9. The molecular formula is C24H21N3O5S. The standard InChI is InChI=1S/C24H21N3O5S/c1-30-18-11-16(12-19(31-2)21(18)32-3)26-23(29)15-8-9-17-20(10-15)33-24(27-17)14-6-4-13(5-7-14)22(25)28/h4-12H,1-3H3,(H2,25,28)(H,26,29). The van der Waals surface area contributed by atoms with E-state index in [0.29, 0.717) is 34.1 Å². The molecule has 0 spiro atoms. The van der Waals surface area contributed by atoms with Crippen LogP contribution < -0.4 is 25.3 Å². The summed E-state index contributed by atoms with van der Waals surface area (Å²) in [7, 11) is 4.54. The Morgan fingerprint density at radius 1 is 0.879 bits per heavy atom. The quantitative estimate of drug-likeness (QED) is 0.422. The lowest BCUT2D eigenvalue weighted by Crippen LogP contribution is -2.12. The first-order valence-corrected chi connectivity index (χ1v) is 10.7. The van der Waals surface area contributed by atoms with Crippen LogP contribution in [0.1, 0.15) is 20.7 Å². The normalized spacial score (nSPS) is 10.6. The van der Waals surface area contributed by atoms with Gasteiger partial charge >= 0.3 is 0 Å². The third-order valence-electron chi connectivity index (χ3n) is 4.99. The molecule has 0 bridgehead atoms. The van der Waals surface area contributed by atoms with E-state index in [0.717, 1.165) is 20.8 Å². The van der Waals surface area contributed by atoms with Crippen molar-refractivity contribution >= 4 is 39.1 Å². The molecule has 4 aromatic rings. The molecule has 0 radical (unpaired) electrons. The van der Waals surface area contributed by atoms with Crippen LogP contribution in [0.15, 0.2) is 54.6 Å². The van der Waals surface area contributed by atoms with E-state index in [1.54, 1.807) is 54.6 Å². The van der Waals surface area contributed by atoms with Gasteiger partial charge in [-0.15, -0.1) is 11.3 Å². The van der Waals surface area contributed by atoms with E-state index in [9.17, 15) is 9.59 Å². The first-order chi connectivity index (χ1) is 15.9. The van der Waals surface area contributed by atoms with Crippen molar-refractivity contribution in [2.45, 2.75) is 0 Å². The Labute approximate surface area is 193 Å². The zero-order chi connectivity index (χ0) is 23.5. The smallest absolute Gasteiger partial charge is 0.255 e. The van der Waals surface area contributed by atoms with Crippen LogP contribution in [0.4, 0.5) is 5.69 Å². The number of nitrogens with one attached hydrogen (secondary N) is 1. The second-order valence-corrected chi connectivity index (χ2v) is 8.04. The minimum Gasteiger partial charge on any atom is -0.493 e. The number of anilines is 1. The van der Waals surface area contributed by atoms with Crippen molar-refractivity contribution in [3.05, 3.63) is 65.7 Å². The van der Waals surface area contributed by atoms with E-state index in [1.165, 1.54) is 32.7 Å². The Balaban J connectivity index is 1.60. The van der Waals surface area contributed by atoms with Gasteiger partial charge in [0, 0.05) is 34.5 Å². The van der Waals surface area contributed by atoms with E-state index in [-0.39, 0.29) is 5.91 Å². The van der Waals surface area contributed by atoms with Gasteiger partial charge < -0.3 is 25.3 Å². The third-order valence-corrected chi connectivity index (χ3v) is 6.06. The van der Waals surface area contributed by atoms with Crippen LogP contribution in [0.3, 0.4) is 0 Å². The minimum atomic E-state index is -0.478. The molecule has 3 N–H and O–H groups in total. The molecule has 0 saturated carbocycles. The zero-order valence-corrected chi connectivity index (χ0v) is 19.0. The highest BCUT2D eigenvalue weighted by molar-refractivity contribution is 7.21. The van der Waals surface area contributed by atoms with Crippen LogP contribution >= 0.6 is 11.3 Å². The summed E-state index contributed by atoms with van der Waals surface area (Å²) >= 11 is 1.46. The number of aromatic nitrogens is 1. The minimum absolute atomic E-state index is 0.285. The second kappa shape index (κ2) is 9.17. The van der Waals surface area contributed by atoms with Crippen LogP contribution in [0, 0.1) is 0 Å². The Kier molecular flexibility index (Phi) is 6.14. The molecule has 0 fully saturated rings. The fourth-order valence-corrected chi connectivity index (χ4v) is 4.33. The Morgan fingerprint density at radius 2 is 1.52 bits per heavy atom. The average molecular weight is 464 g/mol. The first kappa shape index (κ1) is 22.1. The number of benzene rings is 3. The van der Waals surface area contributed by atoms with Crippen molar-refractivity contribution in [3.8, 4) is 27.8 Å². The molecule has 0 unspecified atom stereocenters. The van der Waals surface area contributed by atoms with Crippen LogP contribution in [0.5, 0.6) is 17.2 Å². The second-order valence-electron chi connectivity index (χ2n) is 7.01. The van der Waals surface area contributed by atoms with Gasteiger partial charge in [-0.1, -0.05) is 12.1 Å². The van der Waals surface area contributed by atoms with Gasteiger partial charge in [0.1, 0.15) is 5.01 Å². The Morgan fingerprint density at radius 3 is 2.09 bits per heavy atom. The lowest BCUT2D eigenvalue weighted by Gasteiger charge is -2.14. The molecule has 3 aromatic carbocycles.